The number of benzene rings is 2. The summed E-state index contributed by atoms with van der Waals surface area (Å²) < 4.78 is 28.0. The van der Waals surface area contributed by atoms with E-state index in [-0.39, 0.29) is 29.7 Å². The van der Waals surface area contributed by atoms with E-state index in [9.17, 15) is 13.2 Å². The first-order valence-electron chi connectivity index (χ1n) is 8.69. The zero-order valence-corrected chi connectivity index (χ0v) is 18.7. The number of aromatic nitrogens is 2. The predicted octanol–water partition coefficient (Wildman–Crippen LogP) is 3.73. The van der Waals surface area contributed by atoms with Gasteiger partial charge in [0.25, 0.3) is 0 Å². The molecule has 29 heavy (non-hydrogen) atoms. The van der Waals surface area contributed by atoms with Crippen molar-refractivity contribution in [2.45, 2.75) is 17.2 Å². The molecule has 0 spiro atoms. The number of nitrogens with zero attached hydrogens (tertiary/aromatic N) is 3. The molecule has 0 bridgehead atoms. The zero-order chi connectivity index (χ0) is 20.9. The van der Waals surface area contributed by atoms with E-state index in [0.717, 1.165) is 10.0 Å². The SMILES string of the molecule is CN(C[C@@H](CC(=O)Nc1nncs1)c1ccccc1)S(=O)(=O)c1ccc(Br)cc1. The Labute approximate surface area is 182 Å². The molecule has 0 aliphatic heterocycles. The van der Waals surface area contributed by atoms with Gasteiger partial charge in [-0.15, -0.1) is 10.2 Å². The van der Waals surface area contributed by atoms with Crippen LogP contribution in [0.4, 0.5) is 5.13 Å². The molecule has 0 saturated carbocycles. The van der Waals surface area contributed by atoms with Gasteiger partial charge in [0.15, 0.2) is 0 Å². The summed E-state index contributed by atoms with van der Waals surface area (Å²) in [4.78, 5) is 12.7. The van der Waals surface area contributed by atoms with E-state index >= 15 is 0 Å². The van der Waals surface area contributed by atoms with Crippen LogP contribution >= 0.6 is 27.3 Å². The number of carbonyl (C=O) groups is 1. The molecule has 7 nitrogen and oxygen atoms in total. The average Bonchev–Trinajstić information content (AvgIpc) is 3.21. The van der Waals surface area contributed by atoms with Gasteiger partial charge in [-0.25, -0.2) is 12.7 Å². The molecular weight excluding hydrogens is 476 g/mol. The van der Waals surface area contributed by atoms with Crippen LogP contribution in [0.15, 0.2) is 69.5 Å². The van der Waals surface area contributed by atoms with E-state index in [1.54, 1.807) is 24.3 Å². The molecule has 10 heteroatoms. The number of amides is 1. The first kappa shape index (κ1) is 21.6. The van der Waals surface area contributed by atoms with Gasteiger partial charge in [0.1, 0.15) is 5.51 Å². The van der Waals surface area contributed by atoms with E-state index in [1.165, 1.54) is 28.2 Å². The molecule has 1 atom stereocenters. The standard InChI is InChI=1S/C19H19BrN4O3S2/c1-24(29(26,27)17-9-7-16(20)8-10-17)12-15(14-5-3-2-4-6-14)11-18(25)22-19-23-21-13-28-19/h2-10,13,15H,11-12H2,1H3,(H,22,23,25)/t15-/m1/s1. The van der Waals surface area contributed by atoms with Gasteiger partial charge < -0.3 is 5.32 Å². The number of sulfonamides is 1. The van der Waals surface area contributed by atoms with Crippen molar-refractivity contribution >= 4 is 48.3 Å². The molecule has 2 aromatic carbocycles. The second-order valence-electron chi connectivity index (χ2n) is 6.34. The van der Waals surface area contributed by atoms with Gasteiger partial charge >= 0.3 is 0 Å². The minimum absolute atomic E-state index is 0.115. The molecule has 1 heterocycles. The maximum Gasteiger partial charge on any atom is 0.242 e. The van der Waals surface area contributed by atoms with Crippen molar-refractivity contribution in [3.63, 3.8) is 0 Å². The molecule has 152 valence electrons. The molecular formula is C19H19BrN4O3S2. The molecule has 1 N–H and O–H groups in total. The van der Waals surface area contributed by atoms with Crippen LogP contribution in [0.1, 0.15) is 17.9 Å². The number of nitrogens with one attached hydrogen (secondary N) is 1. The Morgan fingerprint density at radius 2 is 1.86 bits per heavy atom. The van der Waals surface area contributed by atoms with Crippen molar-refractivity contribution in [1.29, 1.82) is 0 Å². The van der Waals surface area contributed by atoms with Crippen LogP contribution in [-0.4, -0.2) is 42.4 Å². The second kappa shape index (κ2) is 9.57. The zero-order valence-electron chi connectivity index (χ0n) is 15.5. The summed E-state index contributed by atoms with van der Waals surface area (Å²) in [5, 5.41) is 10.6. The fourth-order valence-electron chi connectivity index (χ4n) is 2.83. The van der Waals surface area contributed by atoms with Crippen LogP contribution < -0.4 is 5.32 Å². The fraction of sp³-hybridized carbons (Fsp3) is 0.211. The maximum absolute atomic E-state index is 12.9. The lowest BCUT2D eigenvalue weighted by Gasteiger charge is -2.24. The number of likely N-dealkylation sites (N-methyl/N-ethyl adjacent to an activating group) is 1. The predicted molar refractivity (Wildman–Crippen MR) is 116 cm³/mol. The quantitative estimate of drug-likeness (QED) is 0.514. The molecule has 0 unspecified atom stereocenters. The van der Waals surface area contributed by atoms with Crippen molar-refractivity contribution in [2.24, 2.45) is 0 Å². The van der Waals surface area contributed by atoms with Gasteiger partial charge in [-0.2, -0.15) is 0 Å². The van der Waals surface area contributed by atoms with E-state index in [4.69, 9.17) is 0 Å². The van der Waals surface area contributed by atoms with Crippen LogP contribution in [0.2, 0.25) is 0 Å². The summed E-state index contributed by atoms with van der Waals surface area (Å²) in [6.45, 7) is 0.159. The first-order valence-corrected chi connectivity index (χ1v) is 11.8. The lowest BCUT2D eigenvalue weighted by Crippen LogP contribution is -2.32. The molecule has 0 aliphatic carbocycles. The van der Waals surface area contributed by atoms with Crippen molar-refractivity contribution in [1.82, 2.24) is 14.5 Å². The third-order valence-corrected chi connectivity index (χ3v) is 7.28. The summed E-state index contributed by atoms with van der Waals surface area (Å²) in [5.41, 5.74) is 2.42. The van der Waals surface area contributed by atoms with E-state index < -0.39 is 10.0 Å². The number of carbonyl (C=O) groups excluding carboxylic acids is 1. The fourth-order valence-corrected chi connectivity index (χ4v) is 4.77. The summed E-state index contributed by atoms with van der Waals surface area (Å²) in [5.74, 6) is -0.565. The lowest BCUT2D eigenvalue weighted by molar-refractivity contribution is -0.116. The highest BCUT2D eigenvalue weighted by molar-refractivity contribution is 9.10. The van der Waals surface area contributed by atoms with Crippen LogP contribution in [0.25, 0.3) is 0 Å². The van der Waals surface area contributed by atoms with E-state index in [0.29, 0.717) is 5.13 Å². The summed E-state index contributed by atoms with van der Waals surface area (Å²) in [6.07, 6.45) is 0.115. The molecule has 0 saturated heterocycles. The third kappa shape index (κ3) is 5.69. The number of rotatable bonds is 8. The Kier molecular flexibility index (Phi) is 7.12. The number of anilines is 1. The monoisotopic (exact) mass is 494 g/mol. The van der Waals surface area contributed by atoms with Gasteiger partial charge in [-0.1, -0.05) is 57.6 Å². The van der Waals surface area contributed by atoms with Gasteiger partial charge in [-0.3, -0.25) is 4.79 Å². The molecule has 1 amide bonds. The molecule has 3 aromatic rings. The van der Waals surface area contributed by atoms with E-state index in [2.05, 4.69) is 31.4 Å². The Morgan fingerprint density at radius 1 is 1.17 bits per heavy atom. The van der Waals surface area contributed by atoms with Crippen LogP contribution in [0, 0.1) is 0 Å². The number of halogens is 1. The topological polar surface area (TPSA) is 92.3 Å². The second-order valence-corrected chi connectivity index (χ2v) is 10.1. The normalized spacial score (nSPS) is 12.7. The van der Waals surface area contributed by atoms with Gasteiger partial charge in [0, 0.05) is 30.4 Å². The Bertz CT molecular complexity index is 1040. The van der Waals surface area contributed by atoms with Crippen molar-refractivity contribution in [2.75, 3.05) is 18.9 Å². The molecule has 1 aromatic heterocycles. The highest BCUT2D eigenvalue weighted by atomic mass is 79.9. The summed E-state index contributed by atoms with van der Waals surface area (Å²) >= 11 is 4.54. The Balaban J connectivity index is 1.79. The minimum atomic E-state index is -3.68. The first-order chi connectivity index (χ1) is 13.9. The largest absolute Gasteiger partial charge is 0.301 e. The van der Waals surface area contributed by atoms with Crippen LogP contribution in [0.3, 0.4) is 0 Å². The van der Waals surface area contributed by atoms with Crippen LogP contribution in [0.5, 0.6) is 0 Å². The average molecular weight is 495 g/mol. The molecule has 0 aliphatic rings. The molecule has 3 rings (SSSR count). The van der Waals surface area contributed by atoms with Crippen LogP contribution in [-0.2, 0) is 14.8 Å². The molecule has 0 fully saturated rings. The maximum atomic E-state index is 12.9. The summed E-state index contributed by atoms with van der Waals surface area (Å²) in [7, 11) is -2.16. The van der Waals surface area contributed by atoms with Gasteiger partial charge in [0.2, 0.25) is 21.1 Å². The van der Waals surface area contributed by atoms with Crippen molar-refractivity contribution in [3.05, 3.63) is 70.1 Å². The number of hydrogen-bond acceptors (Lipinski definition) is 6. The van der Waals surface area contributed by atoms with Gasteiger partial charge in [0.05, 0.1) is 4.90 Å². The summed E-state index contributed by atoms with van der Waals surface area (Å²) in [6, 6.07) is 15.9. The number of hydrogen-bond donors (Lipinski definition) is 1. The van der Waals surface area contributed by atoms with Gasteiger partial charge in [-0.05, 0) is 29.8 Å². The Hall–Kier alpha value is -2.14. The minimum Gasteiger partial charge on any atom is -0.301 e. The highest BCUT2D eigenvalue weighted by Crippen LogP contribution is 2.25. The molecule has 0 radical (unpaired) electrons. The lowest BCUT2D eigenvalue weighted by atomic mass is 9.95. The van der Waals surface area contributed by atoms with E-state index in [1.807, 2.05) is 30.3 Å². The Morgan fingerprint density at radius 3 is 2.48 bits per heavy atom. The van der Waals surface area contributed by atoms with Crippen molar-refractivity contribution < 1.29 is 13.2 Å². The third-order valence-electron chi connectivity index (χ3n) is 4.31. The smallest absolute Gasteiger partial charge is 0.242 e. The van der Waals surface area contributed by atoms with Crippen molar-refractivity contribution in [3.8, 4) is 0 Å². The highest BCUT2D eigenvalue weighted by Gasteiger charge is 2.26.